The van der Waals surface area contributed by atoms with Crippen LogP contribution in [0, 0.1) is 11.8 Å². The van der Waals surface area contributed by atoms with Crippen molar-refractivity contribution in [2.45, 2.75) is 209 Å². The summed E-state index contributed by atoms with van der Waals surface area (Å²) in [5, 5.41) is 0. The molecular weight excluding hydrogens is 701 g/mol. The smallest absolute Gasteiger partial charge is 0.259 e. The molecule has 0 saturated carbocycles. The van der Waals surface area contributed by atoms with Crippen molar-refractivity contribution in [3.8, 4) is 0 Å². The summed E-state index contributed by atoms with van der Waals surface area (Å²) in [6.07, 6.45) is 30.7. The first-order valence-corrected chi connectivity index (χ1v) is 24.4. The van der Waals surface area contributed by atoms with Crippen LogP contribution in [0.3, 0.4) is 0 Å². The van der Waals surface area contributed by atoms with Gasteiger partial charge in [-0.2, -0.15) is 0 Å². The van der Waals surface area contributed by atoms with Crippen molar-refractivity contribution in [3.05, 3.63) is 20.9 Å². The molecule has 0 fully saturated rings. The fourth-order valence-corrected chi connectivity index (χ4v) is 12.1. The molecule has 0 spiro atoms. The predicted molar refractivity (Wildman–Crippen MR) is 241 cm³/mol. The lowest BCUT2D eigenvalue weighted by Gasteiger charge is -2.25. The monoisotopic (exact) mass is 779 g/mol. The molecule has 0 aromatic carbocycles. The summed E-state index contributed by atoms with van der Waals surface area (Å²) >= 11 is 3.59. The molecule has 0 saturated heterocycles. The van der Waals surface area contributed by atoms with E-state index >= 15 is 0 Å². The molecule has 2 aliphatic heterocycles. The first-order chi connectivity index (χ1) is 26.2. The molecule has 2 unspecified atom stereocenters. The number of rotatable bonds is 28. The van der Waals surface area contributed by atoms with Crippen molar-refractivity contribution in [2.75, 3.05) is 22.9 Å². The van der Waals surface area contributed by atoms with E-state index in [9.17, 15) is 9.59 Å². The molecule has 0 N–H and O–H groups in total. The van der Waals surface area contributed by atoms with E-state index in [0.29, 0.717) is 11.8 Å². The zero-order valence-corrected chi connectivity index (χ0v) is 37.7. The van der Waals surface area contributed by atoms with E-state index in [4.69, 9.17) is 0 Å². The van der Waals surface area contributed by atoms with Crippen LogP contribution in [0.5, 0.6) is 0 Å². The van der Waals surface area contributed by atoms with Gasteiger partial charge in [-0.3, -0.25) is 9.59 Å². The summed E-state index contributed by atoms with van der Waals surface area (Å²) in [5.74, 6) is 1.44. The number of thiophene rings is 2. The van der Waals surface area contributed by atoms with Gasteiger partial charge in [0.05, 0.1) is 41.7 Å². The molecule has 54 heavy (non-hydrogen) atoms. The third kappa shape index (κ3) is 11.6. The van der Waals surface area contributed by atoms with Gasteiger partial charge in [0.15, 0.2) is 0 Å². The molecule has 2 amide bonds. The Morgan fingerprint density at radius 1 is 0.444 bits per heavy atom. The zero-order chi connectivity index (χ0) is 39.0. The highest BCUT2D eigenvalue weighted by Gasteiger charge is 2.44. The molecule has 6 heteroatoms. The molecule has 2 aromatic heterocycles. The number of carbonyl (C=O) groups is 2. The van der Waals surface area contributed by atoms with Crippen LogP contribution in [0.4, 0.5) is 11.4 Å². The second kappa shape index (κ2) is 23.3. The molecule has 4 rings (SSSR count). The molecule has 4 nitrogen and oxygen atoms in total. The number of amides is 2. The minimum absolute atomic E-state index is 0.203. The normalized spacial score (nSPS) is 15.3. The van der Waals surface area contributed by atoms with E-state index < -0.39 is 0 Å². The molecular formula is C48H78N2O2S2. The lowest BCUT2D eigenvalue weighted by atomic mass is 9.93. The van der Waals surface area contributed by atoms with Crippen LogP contribution in [0.25, 0.3) is 20.5 Å². The van der Waals surface area contributed by atoms with Gasteiger partial charge >= 0.3 is 0 Å². The Kier molecular flexibility index (Phi) is 19.4. The fraction of sp³-hybridized carbons (Fsp3) is 0.750. The molecule has 2 atom stereocenters. The lowest BCUT2D eigenvalue weighted by molar-refractivity contribution is -0.114. The molecule has 0 bridgehead atoms. The van der Waals surface area contributed by atoms with Gasteiger partial charge in [-0.25, -0.2) is 0 Å². The SMILES string of the molecule is CCCCCCCCC(CCCCCC)CN1C(=O)C(=C(C)C)c2sc3c4c(sc3c21)C(=C(C)C)C(=O)N4CC(CCCCCC)CCCCCCCC. The Bertz CT molecular complexity index is 1420. The maximum atomic E-state index is 14.4. The highest BCUT2D eigenvalue weighted by Crippen LogP contribution is 2.59. The van der Waals surface area contributed by atoms with Gasteiger partial charge in [0.25, 0.3) is 11.8 Å². The first kappa shape index (κ1) is 44.8. The Morgan fingerprint density at radius 3 is 1.02 bits per heavy atom. The summed E-state index contributed by atoms with van der Waals surface area (Å²) in [6, 6.07) is 0. The molecule has 2 aliphatic rings. The minimum atomic E-state index is 0.203. The highest BCUT2D eigenvalue weighted by atomic mass is 32.1. The van der Waals surface area contributed by atoms with Gasteiger partial charge in [-0.05, 0) is 65.2 Å². The molecule has 0 radical (unpaired) electrons. The third-order valence-electron chi connectivity index (χ3n) is 12.1. The van der Waals surface area contributed by atoms with Gasteiger partial charge in [0, 0.05) is 13.1 Å². The van der Waals surface area contributed by atoms with Crippen LogP contribution in [-0.4, -0.2) is 24.9 Å². The average molecular weight is 779 g/mol. The average Bonchev–Trinajstić information content (AvgIpc) is 3.82. The highest BCUT2D eigenvalue weighted by molar-refractivity contribution is 7.32. The van der Waals surface area contributed by atoms with Crippen molar-refractivity contribution in [1.29, 1.82) is 0 Å². The van der Waals surface area contributed by atoms with Crippen LogP contribution in [0.2, 0.25) is 0 Å². The van der Waals surface area contributed by atoms with E-state index in [0.717, 1.165) is 56.5 Å². The van der Waals surface area contributed by atoms with E-state index in [1.54, 1.807) is 22.7 Å². The van der Waals surface area contributed by atoms with Gasteiger partial charge in [-0.1, -0.05) is 167 Å². The number of hydrogen-bond acceptors (Lipinski definition) is 4. The van der Waals surface area contributed by atoms with E-state index in [2.05, 4.69) is 65.2 Å². The summed E-state index contributed by atoms with van der Waals surface area (Å²) in [5.41, 5.74) is 6.34. The summed E-state index contributed by atoms with van der Waals surface area (Å²) in [6.45, 7) is 19.2. The van der Waals surface area contributed by atoms with Crippen molar-refractivity contribution >= 4 is 66.4 Å². The number of nitrogens with zero attached hydrogens (tertiary/aromatic N) is 2. The van der Waals surface area contributed by atoms with Crippen molar-refractivity contribution in [2.24, 2.45) is 11.8 Å². The van der Waals surface area contributed by atoms with Crippen LogP contribution in [0.15, 0.2) is 11.1 Å². The van der Waals surface area contributed by atoms with Crippen LogP contribution < -0.4 is 9.80 Å². The maximum Gasteiger partial charge on any atom is 0.259 e. The largest absolute Gasteiger partial charge is 0.305 e. The first-order valence-electron chi connectivity index (χ1n) is 22.8. The Morgan fingerprint density at radius 2 is 0.722 bits per heavy atom. The van der Waals surface area contributed by atoms with Crippen molar-refractivity contribution in [3.63, 3.8) is 0 Å². The third-order valence-corrected chi connectivity index (χ3v) is 14.7. The van der Waals surface area contributed by atoms with Crippen LogP contribution >= 0.6 is 22.7 Å². The number of carbonyl (C=O) groups excluding carboxylic acids is 2. The second-order valence-electron chi connectivity index (χ2n) is 17.3. The quantitative estimate of drug-likeness (QED) is 0.0638. The van der Waals surface area contributed by atoms with Crippen LogP contribution in [0.1, 0.15) is 219 Å². The van der Waals surface area contributed by atoms with E-state index in [1.807, 2.05) is 0 Å². The molecule has 304 valence electrons. The fourth-order valence-electron chi connectivity index (χ4n) is 8.95. The number of allylic oxidation sites excluding steroid dienone is 2. The van der Waals surface area contributed by atoms with E-state index in [1.165, 1.54) is 163 Å². The zero-order valence-electron chi connectivity index (χ0n) is 36.1. The number of fused-ring (bicyclic) bond motifs is 5. The van der Waals surface area contributed by atoms with Gasteiger partial charge in [-0.15, -0.1) is 22.7 Å². The van der Waals surface area contributed by atoms with Crippen LogP contribution in [-0.2, 0) is 9.59 Å². The molecule has 4 heterocycles. The Labute approximate surface area is 339 Å². The summed E-state index contributed by atoms with van der Waals surface area (Å²) < 4.78 is 2.47. The van der Waals surface area contributed by atoms with E-state index in [-0.39, 0.29) is 11.8 Å². The number of anilines is 2. The standard InChI is InChI=1S/C48H78N2O2S2/c1-9-13-17-21-23-27-31-37(29-25-19-15-11-3)33-49-41-43(39(35(5)6)47(49)51)53-46-42-44(54-45(41)46)40(36(7)8)48(52)50(42)34-38(30-26-20-16-12-4)32-28-24-22-18-14-10-2/h37-38H,9-34H2,1-8H3. The maximum absolute atomic E-state index is 14.4. The molecule has 2 aromatic rings. The number of unbranched alkanes of at least 4 members (excludes halogenated alkanes) is 16. The minimum Gasteiger partial charge on any atom is -0.305 e. The van der Waals surface area contributed by atoms with Crippen molar-refractivity contribution < 1.29 is 9.59 Å². The lowest BCUT2D eigenvalue weighted by Crippen LogP contribution is -2.33. The summed E-state index contributed by atoms with van der Waals surface area (Å²) in [4.78, 5) is 35.5. The second-order valence-corrected chi connectivity index (χ2v) is 19.4. The van der Waals surface area contributed by atoms with Gasteiger partial charge < -0.3 is 9.80 Å². The van der Waals surface area contributed by atoms with Gasteiger partial charge in [0.1, 0.15) is 0 Å². The van der Waals surface area contributed by atoms with Gasteiger partial charge in [0.2, 0.25) is 0 Å². The Balaban J connectivity index is 1.67. The predicted octanol–water partition coefficient (Wildman–Crippen LogP) is 15.9. The van der Waals surface area contributed by atoms with Crippen molar-refractivity contribution in [1.82, 2.24) is 0 Å². The topological polar surface area (TPSA) is 40.6 Å². The Hall–Kier alpha value is -1.92. The molecule has 0 aliphatic carbocycles. The summed E-state index contributed by atoms with van der Waals surface area (Å²) in [7, 11) is 0. The number of hydrogen-bond donors (Lipinski definition) is 0.